The summed E-state index contributed by atoms with van der Waals surface area (Å²) in [6.07, 6.45) is 4.30. The maximum atomic E-state index is 12.4. The fourth-order valence-electron chi connectivity index (χ4n) is 2.90. The Hall–Kier alpha value is -3.81. The molecule has 2 aromatic heterocycles. The molecule has 8 heteroatoms. The van der Waals surface area contributed by atoms with E-state index in [2.05, 4.69) is 20.7 Å². The second-order valence-corrected chi connectivity index (χ2v) is 6.29. The molecule has 8 nitrogen and oxygen atoms in total. The molecule has 0 aliphatic rings. The van der Waals surface area contributed by atoms with E-state index in [1.165, 1.54) is 0 Å². The SMILES string of the molecule is O=C(Cn1nnc2ccccc2c1=O)NCCc1ccc(-n2cccn2)cc1. The lowest BCUT2D eigenvalue weighted by atomic mass is 10.1. The van der Waals surface area contributed by atoms with Crippen LogP contribution in [0.1, 0.15) is 5.56 Å². The van der Waals surface area contributed by atoms with Crippen LogP contribution in [0.2, 0.25) is 0 Å². The highest BCUT2D eigenvalue weighted by Crippen LogP contribution is 2.09. The van der Waals surface area contributed by atoms with Gasteiger partial charge in [-0.1, -0.05) is 29.5 Å². The number of rotatable bonds is 6. The van der Waals surface area contributed by atoms with Crippen molar-refractivity contribution in [2.24, 2.45) is 0 Å². The van der Waals surface area contributed by atoms with Crippen molar-refractivity contribution in [3.63, 3.8) is 0 Å². The molecule has 0 fully saturated rings. The predicted molar refractivity (Wildman–Crippen MR) is 104 cm³/mol. The molecule has 2 heterocycles. The number of nitrogens with one attached hydrogen (secondary N) is 1. The van der Waals surface area contributed by atoms with Gasteiger partial charge >= 0.3 is 0 Å². The van der Waals surface area contributed by atoms with Crippen LogP contribution in [0, 0.1) is 0 Å². The van der Waals surface area contributed by atoms with Crippen LogP contribution in [-0.2, 0) is 17.8 Å². The molecule has 0 unspecified atom stereocenters. The van der Waals surface area contributed by atoms with Gasteiger partial charge in [-0.2, -0.15) is 5.10 Å². The van der Waals surface area contributed by atoms with Gasteiger partial charge in [0.15, 0.2) is 0 Å². The number of nitrogens with zero attached hydrogens (tertiary/aromatic N) is 5. The first-order valence-electron chi connectivity index (χ1n) is 8.89. The van der Waals surface area contributed by atoms with E-state index in [9.17, 15) is 9.59 Å². The number of benzene rings is 2. The van der Waals surface area contributed by atoms with E-state index in [4.69, 9.17) is 0 Å². The molecule has 0 bridgehead atoms. The Labute approximate surface area is 160 Å². The van der Waals surface area contributed by atoms with Crippen molar-refractivity contribution in [3.05, 3.63) is 82.9 Å². The molecular formula is C20H18N6O2. The van der Waals surface area contributed by atoms with Crippen LogP contribution in [0.25, 0.3) is 16.6 Å². The van der Waals surface area contributed by atoms with E-state index >= 15 is 0 Å². The van der Waals surface area contributed by atoms with E-state index in [0.29, 0.717) is 23.9 Å². The Morgan fingerprint density at radius 1 is 1.04 bits per heavy atom. The van der Waals surface area contributed by atoms with Crippen LogP contribution in [-0.4, -0.2) is 37.2 Å². The lowest BCUT2D eigenvalue weighted by Crippen LogP contribution is -2.35. The van der Waals surface area contributed by atoms with Crippen LogP contribution in [0.3, 0.4) is 0 Å². The van der Waals surface area contributed by atoms with Gasteiger partial charge in [-0.15, -0.1) is 5.10 Å². The molecule has 0 radical (unpaired) electrons. The van der Waals surface area contributed by atoms with Crippen molar-refractivity contribution in [2.45, 2.75) is 13.0 Å². The van der Waals surface area contributed by atoms with Crippen molar-refractivity contribution < 1.29 is 4.79 Å². The third-order valence-corrected chi connectivity index (χ3v) is 4.36. The molecule has 0 saturated carbocycles. The van der Waals surface area contributed by atoms with Crippen LogP contribution in [0.5, 0.6) is 0 Å². The quantitative estimate of drug-likeness (QED) is 0.550. The van der Waals surface area contributed by atoms with Gasteiger partial charge in [0.05, 0.1) is 11.1 Å². The normalized spacial score (nSPS) is 10.9. The molecule has 0 aliphatic carbocycles. The molecule has 0 atom stereocenters. The van der Waals surface area contributed by atoms with Crippen molar-refractivity contribution in [3.8, 4) is 5.69 Å². The number of hydrogen-bond acceptors (Lipinski definition) is 5. The predicted octanol–water partition coefficient (Wildman–Crippen LogP) is 1.34. The average Bonchev–Trinajstić information content (AvgIpc) is 3.26. The first kappa shape index (κ1) is 17.6. The molecule has 28 heavy (non-hydrogen) atoms. The van der Waals surface area contributed by atoms with E-state index in [1.54, 1.807) is 35.1 Å². The third-order valence-electron chi connectivity index (χ3n) is 4.36. The highest BCUT2D eigenvalue weighted by Gasteiger charge is 2.09. The molecule has 0 spiro atoms. The first-order chi connectivity index (χ1) is 13.7. The number of carbonyl (C=O) groups excluding carboxylic acids is 1. The second-order valence-electron chi connectivity index (χ2n) is 6.29. The molecule has 1 amide bonds. The summed E-state index contributed by atoms with van der Waals surface area (Å²) in [5.41, 5.74) is 2.27. The third kappa shape index (κ3) is 3.80. The number of amides is 1. The summed E-state index contributed by atoms with van der Waals surface area (Å²) in [5.74, 6) is -0.278. The van der Waals surface area contributed by atoms with Gasteiger partial charge in [0, 0.05) is 18.9 Å². The maximum Gasteiger partial charge on any atom is 0.278 e. The van der Waals surface area contributed by atoms with E-state index in [0.717, 1.165) is 15.9 Å². The molecule has 140 valence electrons. The summed E-state index contributed by atoms with van der Waals surface area (Å²) >= 11 is 0. The highest BCUT2D eigenvalue weighted by molar-refractivity contribution is 5.78. The molecule has 0 saturated heterocycles. The number of fused-ring (bicyclic) bond motifs is 1. The topological polar surface area (TPSA) is 94.7 Å². The highest BCUT2D eigenvalue weighted by atomic mass is 16.2. The number of carbonyl (C=O) groups is 1. The zero-order valence-corrected chi connectivity index (χ0v) is 15.0. The smallest absolute Gasteiger partial charge is 0.278 e. The van der Waals surface area contributed by atoms with Crippen LogP contribution >= 0.6 is 0 Å². The van der Waals surface area contributed by atoms with Gasteiger partial charge in [0.25, 0.3) is 5.56 Å². The fraction of sp³-hybridized carbons (Fsp3) is 0.150. The fourth-order valence-corrected chi connectivity index (χ4v) is 2.90. The van der Waals surface area contributed by atoms with Crippen molar-refractivity contribution in [1.82, 2.24) is 30.1 Å². The molecule has 4 rings (SSSR count). The van der Waals surface area contributed by atoms with Crippen molar-refractivity contribution in [2.75, 3.05) is 6.54 Å². The van der Waals surface area contributed by atoms with Gasteiger partial charge in [0.1, 0.15) is 12.1 Å². The zero-order chi connectivity index (χ0) is 19.3. The van der Waals surface area contributed by atoms with Crippen LogP contribution in [0.4, 0.5) is 0 Å². The Morgan fingerprint density at radius 3 is 2.64 bits per heavy atom. The second kappa shape index (κ2) is 7.83. The Kier molecular flexibility index (Phi) is 4.92. The minimum atomic E-state index is -0.324. The summed E-state index contributed by atoms with van der Waals surface area (Å²) in [6, 6.07) is 16.8. The Bertz CT molecular complexity index is 1150. The van der Waals surface area contributed by atoms with E-state index < -0.39 is 0 Å². The van der Waals surface area contributed by atoms with Gasteiger partial charge in [-0.05, 0) is 42.3 Å². The number of aromatic nitrogens is 5. The van der Waals surface area contributed by atoms with E-state index in [1.807, 2.05) is 36.5 Å². The monoisotopic (exact) mass is 374 g/mol. The lowest BCUT2D eigenvalue weighted by molar-refractivity contribution is -0.121. The Balaban J connectivity index is 1.32. The summed E-state index contributed by atoms with van der Waals surface area (Å²) in [7, 11) is 0. The standard InChI is InChI=1S/C20H18N6O2/c27-19(14-26-20(28)17-4-1-2-5-18(17)23-24-26)21-12-10-15-6-8-16(9-7-15)25-13-3-11-22-25/h1-9,11,13H,10,12,14H2,(H,21,27). The van der Waals surface area contributed by atoms with Gasteiger partial charge < -0.3 is 5.32 Å². The molecule has 1 N–H and O–H groups in total. The molecule has 4 aromatic rings. The van der Waals surface area contributed by atoms with Crippen LogP contribution in [0.15, 0.2) is 71.8 Å². The summed E-state index contributed by atoms with van der Waals surface area (Å²) in [6.45, 7) is 0.310. The first-order valence-corrected chi connectivity index (χ1v) is 8.89. The van der Waals surface area contributed by atoms with Crippen molar-refractivity contribution in [1.29, 1.82) is 0 Å². The molecule has 0 aliphatic heterocycles. The molecular weight excluding hydrogens is 356 g/mol. The zero-order valence-electron chi connectivity index (χ0n) is 15.0. The Morgan fingerprint density at radius 2 is 1.86 bits per heavy atom. The van der Waals surface area contributed by atoms with Gasteiger partial charge in [-0.25, -0.2) is 9.36 Å². The van der Waals surface area contributed by atoms with Crippen LogP contribution < -0.4 is 10.9 Å². The van der Waals surface area contributed by atoms with Gasteiger partial charge in [-0.3, -0.25) is 9.59 Å². The van der Waals surface area contributed by atoms with E-state index in [-0.39, 0.29) is 18.0 Å². The minimum Gasteiger partial charge on any atom is -0.354 e. The summed E-state index contributed by atoms with van der Waals surface area (Å²) in [4.78, 5) is 24.5. The lowest BCUT2D eigenvalue weighted by Gasteiger charge is -2.08. The average molecular weight is 374 g/mol. The number of hydrogen-bond donors (Lipinski definition) is 1. The van der Waals surface area contributed by atoms with Gasteiger partial charge in [0.2, 0.25) is 5.91 Å². The maximum absolute atomic E-state index is 12.4. The minimum absolute atomic E-state index is 0.158. The summed E-state index contributed by atoms with van der Waals surface area (Å²) < 4.78 is 2.87. The van der Waals surface area contributed by atoms with Crippen molar-refractivity contribution >= 4 is 16.8 Å². The largest absolute Gasteiger partial charge is 0.354 e. The summed E-state index contributed by atoms with van der Waals surface area (Å²) in [5, 5.41) is 15.3. The molecule has 2 aromatic carbocycles.